The van der Waals surface area contributed by atoms with Gasteiger partial charge in [-0.1, -0.05) is 0 Å². The molecule has 0 aliphatic rings. The Bertz CT molecular complexity index is 385. The SMILES string of the molecule is C[C@H](NCc1nccs1)c1ccncc1. The molecule has 4 heteroatoms. The zero-order valence-corrected chi connectivity index (χ0v) is 9.37. The van der Waals surface area contributed by atoms with Crippen LogP contribution in [0.3, 0.4) is 0 Å². The van der Waals surface area contributed by atoms with Gasteiger partial charge in [0.1, 0.15) is 5.01 Å². The van der Waals surface area contributed by atoms with Crippen LogP contribution in [0.25, 0.3) is 0 Å². The van der Waals surface area contributed by atoms with Crippen LogP contribution >= 0.6 is 11.3 Å². The molecule has 0 bridgehead atoms. The zero-order chi connectivity index (χ0) is 10.5. The minimum absolute atomic E-state index is 0.330. The minimum atomic E-state index is 0.330. The molecular weight excluding hydrogens is 206 g/mol. The third-order valence-corrected chi connectivity index (χ3v) is 3.03. The van der Waals surface area contributed by atoms with Crippen molar-refractivity contribution in [1.29, 1.82) is 0 Å². The van der Waals surface area contributed by atoms with Crippen molar-refractivity contribution in [3.05, 3.63) is 46.7 Å². The van der Waals surface area contributed by atoms with E-state index in [1.807, 2.05) is 36.1 Å². The van der Waals surface area contributed by atoms with Gasteiger partial charge >= 0.3 is 0 Å². The fourth-order valence-electron chi connectivity index (χ4n) is 1.35. The molecule has 0 saturated carbocycles. The van der Waals surface area contributed by atoms with E-state index < -0.39 is 0 Å². The summed E-state index contributed by atoms with van der Waals surface area (Å²) in [5.41, 5.74) is 1.25. The normalized spacial score (nSPS) is 12.6. The largest absolute Gasteiger partial charge is 0.304 e. The number of hydrogen-bond acceptors (Lipinski definition) is 4. The number of thiazole rings is 1. The lowest BCUT2D eigenvalue weighted by Gasteiger charge is -2.12. The molecule has 0 spiro atoms. The van der Waals surface area contributed by atoms with Gasteiger partial charge in [0.05, 0.1) is 0 Å². The summed E-state index contributed by atoms with van der Waals surface area (Å²) >= 11 is 1.67. The summed E-state index contributed by atoms with van der Waals surface area (Å²) < 4.78 is 0. The van der Waals surface area contributed by atoms with Crippen molar-refractivity contribution in [1.82, 2.24) is 15.3 Å². The Morgan fingerprint density at radius 3 is 2.80 bits per heavy atom. The molecule has 1 N–H and O–H groups in total. The summed E-state index contributed by atoms with van der Waals surface area (Å²) in [6.45, 7) is 2.96. The average molecular weight is 219 g/mol. The van der Waals surface area contributed by atoms with Crippen LogP contribution in [0.15, 0.2) is 36.1 Å². The van der Waals surface area contributed by atoms with Crippen LogP contribution in [0.4, 0.5) is 0 Å². The molecule has 2 aromatic rings. The first-order valence-corrected chi connectivity index (χ1v) is 5.76. The molecule has 3 nitrogen and oxygen atoms in total. The Labute approximate surface area is 93.2 Å². The highest BCUT2D eigenvalue weighted by molar-refractivity contribution is 7.09. The van der Waals surface area contributed by atoms with Crippen molar-refractivity contribution in [3.63, 3.8) is 0 Å². The predicted octanol–water partition coefficient (Wildman–Crippen LogP) is 2.39. The molecule has 2 aromatic heterocycles. The van der Waals surface area contributed by atoms with Crippen LogP contribution < -0.4 is 5.32 Å². The van der Waals surface area contributed by atoms with Gasteiger partial charge < -0.3 is 5.32 Å². The Hall–Kier alpha value is -1.26. The van der Waals surface area contributed by atoms with Crippen molar-refractivity contribution in [2.45, 2.75) is 19.5 Å². The van der Waals surface area contributed by atoms with Gasteiger partial charge in [-0.05, 0) is 24.6 Å². The molecule has 2 rings (SSSR count). The van der Waals surface area contributed by atoms with Gasteiger partial charge in [-0.25, -0.2) is 4.98 Å². The van der Waals surface area contributed by atoms with Gasteiger partial charge in [-0.2, -0.15) is 0 Å². The van der Waals surface area contributed by atoms with Crippen LogP contribution in [0.5, 0.6) is 0 Å². The van der Waals surface area contributed by atoms with Gasteiger partial charge in [0.2, 0.25) is 0 Å². The summed E-state index contributed by atoms with van der Waals surface area (Å²) in [6, 6.07) is 4.39. The lowest BCUT2D eigenvalue weighted by Crippen LogP contribution is -2.17. The molecule has 1 atom stereocenters. The maximum atomic E-state index is 4.23. The minimum Gasteiger partial charge on any atom is -0.304 e. The lowest BCUT2D eigenvalue weighted by molar-refractivity contribution is 0.572. The molecule has 78 valence electrons. The number of nitrogens with one attached hydrogen (secondary N) is 1. The molecule has 0 aliphatic carbocycles. The molecule has 0 unspecified atom stereocenters. The average Bonchev–Trinajstić information content (AvgIpc) is 2.80. The Balaban J connectivity index is 1.90. The highest BCUT2D eigenvalue weighted by Crippen LogP contribution is 2.12. The van der Waals surface area contributed by atoms with E-state index in [0.717, 1.165) is 11.6 Å². The van der Waals surface area contributed by atoms with Gasteiger partial charge in [-0.15, -0.1) is 11.3 Å². The van der Waals surface area contributed by atoms with Gasteiger partial charge in [-0.3, -0.25) is 4.98 Å². The molecule has 0 fully saturated rings. The monoisotopic (exact) mass is 219 g/mol. The van der Waals surface area contributed by atoms with E-state index in [1.54, 1.807) is 11.3 Å². The molecule has 2 heterocycles. The first kappa shape index (κ1) is 10.3. The zero-order valence-electron chi connectivity index (χ0n) is 8.55. The third kappa shape index (κ3) is 2.84. The van der Waals surface area contributed by atoms with E-state index in [2.05, 4.69) is 22.2 Å². The van der Waals surface area contributed by atoms with Crippen molar-refractivity contribution in [3.8, 4) is 0 Å². The smallest absolute Gasteiger partial charge is 0.106 e. The maximum absolute atomic E-state index is 4.23. The van der Waals surface area contributed by atoms with E-state index in [-0.39, 0.29) is 0 Å². The van der Waals surface area contributed by atoms with Gasteiger partial charge in [0, 0.05) is 36.6 Å². The highest BCUT2D eigenvalue weighted by atomic mass is 32.1. The van der Waals surface area contributed by atoms with E-state index in [9.17, 15) is 0 Å². The summed E-state index contributed by atoms with van der Waals surface area (Å²) in [7, 11) is 0. The number of rotatable bonds is 4. The Kier molecular flexibility index (Phi) is 3.42. The second-order valence-electron chi connectivity index (χ2n) is 3.31. The van der Waals surface area contributed by atoms with Gasteiger partial charge in [0.25, 0.3) is 0 Å². The summed E-state index contributed by atoms with van der Waals surface area (Å²) in [6.07, 6.45) is 5.46. The molecule has 0 radical (unpaired) electrons. The van der Waals surface area contributed by atoms with Gasteiger partial charge in [0.15, 0.2) is 0 Å². The lowest BCUT2D eigenvalue weighted by atomic mass is 10.1. The molecule has 0 saturated heterocycles. The van der Waals surface area contributed by atoms with Crippen LogP contribution in [0.2, 0.25) is 0 Å². The fourth-order valence-corrected chi connectivity index (χ4v) is 1.92. The fraction of sp³-hybridized carbons (Fsp3) is 0.273. The number of hydrogen-bond donors (Lipinski definition) is 1. The summed E-state index contributed by atoms with van der Waals surface area (Å²) in [5, 5.41) is 6.54. The highest BCUT2D eigenvalue weighted by Gasteiger charge is 2.04. The van der Waals surface area contributed by atoms with E-state index in [0.29, 0.717) is 6.04 Å². The van der Waals surface area contributed by atoms with Crippen molar-refractivity contribution >= 4 is 11.3 Å². The summed E-state index contributed by atoms with van der Waals surface area (Å²) in [4.78, 5) is 8.23. The molecule has 0 aliphatic heterocycles. The molecular formula is C11H13N3S. The predicted molar refractivity (Wildman–Crippen MR) is 61.6 cm³/mol. The number of nitrogens with zero attached hydrogens (tertiary/aromatic N) is 2. The van der Waals surface area contributed by atoms with Crippen LogP contribution in [-0.4, -0.2) is 9.97 Å². The van der Waals surface area contributed by atoms with Crippen LogP contribution in [-0.2, 0) is 6.54 Å². The molecule has 0 amide bonds. The van der Waals surface area contributed by atoms with Crippen molar-refractivity contribution < 1.29 is 0 Å². The second-order valence-corrected chi connectivity index (χ2v) is 4.29. The standard InChI is InChI=1S/C11H13N3S/c1-9(10-2-4-12-5-3-10)14-8-11-13-6-7-15-11/h2-7,9,14H,8H2,1H3/t9-/m0/s1. The van der Waals surface area contributed by atoms with E-state index in [1.165, 1.54) is 5.56 Å². The maximum Gasteiger partial charge on any atom is 0.106 e. The summed E-state index contributed by atoms with van der Waals surface area (Å²) in [5.74, 6) is 0. The van der Waals surface area contributed by atoms with E-state index in [4.69, 9.17) is 0 Å². The molecule has 0 aromatic carbocycles. The first-order valence-electron chi connectivity index (χ1n) is 4.88. The first-order chi connectivity index (χ1) is 7.36. The Morgan fingerprint density at radius 2 is 2.13 bits per heavy atom. The van der Waals surface area contributed by atoms with Crippen LogP contribution in [0, 0.1) is 0 Å². The molecule has 15 heavy (non-hydrogen) atoms. The quantitative estimate of drug-likeness (QED) is 0.858. The number of aromatic nitrogens is 2. The third-order valence-electron chi connectivity index (χ3n) is 2.25. The Morgan fingerprint density at radius 1 is 1.33 bits per heavy atom. The second kappa shape index (κ2) is 5.00. The topological polar surface area (TPSA) is 37.8 Å². The van der Waals surface area contributed by atoms with Crippen molar-refractivity contribution in [2.24, 2.45) is 0 Å². The van der Waals surface area contributed by atoms with E-state index >= 15 is 0 Å². The number of pyridine rings is 1. The van der Waals surface area contributed by atoms with Crippen LogP contribution in [0.1, 0.15) is 23.5 Å². The van der Waals surface area contributed by atoms with Crippen molar-refractivity contribution in [2.75, 3.05) is 0 Å².